The standard InChI is InChI=1S/C19H22FN3O2S/c1-12(2)18(13-5-7-14(20)8-6-13)22-16(24)10-15-11-26-19(21-15)23-9-3-4-17(23)25/h5-8,11-12,18H,3-4,9-10H2,1-2H3,(H,22,24). The molecule has 1 aromatic heterocycles. The van der Waals surface area contributed by atoms with Crippen molar-refractivity contribution < 1.29 is 14.0 Å². The first-order chi connectivity index (χ1) is 12.4. The number of amides is 2. The predicted octanol–water partition coefficient (Wildman–Crippen LogP) is 3.47. The van der Waals surface area contributed by atoms with E-state index < -0.39 is 0 Å². The van der Waals surface area contributed by atoms with Gasteiger partial charge in [0.05, 0.1) is 18.2 Å². The van der Waals surface area contributed by atoms with E-state index in [0.29, 0.717) is 23.8 Å². The molecule has 1 aliphatic rings. The van der Waals surface area contributed by atoms with E-state index in [2.05, 4.69) is 10.3 Å². The van der Waals surface area contributed by atoms with Crippen molar-refractivity contribution in [3.05, 3.63) is 46.7 Å². The third kappa shape index (κ3) is 4.27. The largest absolute Gasteiger partial charge is 0.349 e. The highest BCUT2D eigenvalue weighted by Gasteiger charge is 2.25. The average Bonchev–Trinajstić information content (AvgIpc) is 3.22. The van der Waals surface area contributed by atoms with Gasteiger partial charge in [0, 0.05) is 18.3 Å². The SMILES string of the molecule is CC(C)C(NC(=O)Cc1csc(N2CCCC2=O)n1)c1ccc(F)cc1. The van der Waals surface area contributed by atoms with Crippen molar-refractivity contribution in [3.63, 3.8) is 0 Å². The van der Waals surface area contributed by atoms with Crippen molar-refractivity contribution in [2.75, 3.05) is 11.4 Å². The summed E-state index contributed by atoms with van der Waals surface area (Å²) < 4.78 is 13.1. The van der Waals surface area contributed by atoms with E-state index in [0.717, 1.165) is 12.0 Å². The average molecular weight is 375 g/mol. The number of carbonyl (C=O) groups excluding carboxylic acids is 2. The predicted molar refractivity (Wildman–Crippen MR) is 99.5 cm³/mol. The topological polar surface area (TPSA) is 62.3 Å². The van der Waals surface area contributed by atoms with Gasteiger partial charge in [-0.05, 0) is 30.0 Å². The number of halogens is 1. The Morgan fingerprint density at radius 3 is 2.69 bits per heavy atom. The molecule has 2 aromatic rings. The molecule has 1 unspecified atom stereocenters. The van der Waals surface area contributed by atoms with Gasteiger partial charge < -0.3 is 5.32 Å². The van der Waals surface area contributed by atoms with Gasteiger partial charge >= 0.3 is 0 Å². The molecule has 1 fully saturated rings. The van der Waals surface area contributed by atoms with Gasteiger partial charge in [0.1, 0.15) is 5.82 Å². The number of aromatic nitrogens is 1. The molecule has 0 radical (unpaired) electrons. The van der Waals surface area contributed by atoms with Crippen molar-refractivity contribution in [2.45, 2.75) is 39.2 Å². The monoisotopic (exact) mass is 375 g/mol. The van der Waals surface area contributed by atoms with Gasteiger partial charge in [-0.25, -0.2) is 9.37 Å². The molecule has 0 spiro atoms. The van der Waals surface area contributed by atoms with E-state index in [1.54, 1.807) is 17.0 Å². The highest BCUT2D eigenvalue weighted by atomic mass is 32.1. The van der Waals surface area contributed by atoms with Crippen LogP contribution in [0.5, 0.6) is 0 Å². The first-order valence-electron chi connectivity index (χ1n) is 8.73. The lowest BCUT2D eigenvalue weighted by Gasteiger charge is -2.23. The maximum Gasteiger partial charge on any atom is 0.228 e. The van der Waals surface area contributed by atoms with Crippen LogP contribution in [0.3, 0.4) is 0 Å². The third-order valence-electron chi connectivity index (χ3n) is 4.40. The van der Waals surface area contributed by atoms with E-state index in [4.69, 9.17) is 0 Å². The van der Waals surface area contributed by atoms with Gasteiger partial charge in [-0.15, -0.1) is 11.3 Å². The molecule has 1 aliphatic heterocycles. The number of nitrogens with zero attached hydrogens (tertiary/aromatic N) is 2. The quantitative estimate of drug-likeness (QED) is 0.841. The summed E-state index contributed by atoms with van der Waals surface area (Å²) in [5.74, 6) is -0.184. The van der Waals surface area contributed by atoms with Gasteiger partial charge in [-0.2, -0.15) is 0 Å². The molecule has 26 heavy (non-hydrogen) atoms. The van der Waals surface area contributed by atoms with E-state index in [1.807, 2.05) is 19.2 Å². The number of carbonyl (C=O) groups is 2. The lowest BCUT2D eigenvalue weighted by atomic mass is 9.96. The summed E-state index contributed by atoms with van der Waals surface area (Å²) in [7, 11) is 0. The van der Waals surface area contributed by atoms with Gasteiger partial charge in [-0.3, -0.25) is 14.5 Å². The molecular formula is C19H22FN3O2S. The van der Waals surface area contributed by atoms with Crippen LogP contribution in [0.1, 0.15) is 44.0 Å². The first-order valence-corrected chi connectivity index (χ1v) is 9.61. The van der Waals surface area contributed by atoms with Crippen molar-refractivity contribution in [2.24, 2.45) is 5.92 Å². The van der Waals surface area contributed by atoms with Crippen molar-refractivity contribution >= 4 is 28.3 Å². The molecule has 1 saturated heterocycles. The van der Waals surface area contributed by atoms with Crippen LogP contribution in [0.2, 0.25) is 0 Å². The molecule has 1 N–H and O–H groups in total. The van der Waals surface area contributed by atoms with Crippen molar-refractivity contribution in [1.29, 1.82) is 0 Å². The summed E-state index contributed by atoms with van der Waals surface area (Å²) in [6.07, 6.45) is 1.56. The van der Waals surface area contributed by atoms with Crippen LogP contribution in [0.15, 0.2) is 29.6 Å². The lowest BCUT2D eigenvalue weighted by Crippen LogP contribution is -2.33. The lowest BCUT2D eigenvalue weighted by molar-refractivity contribution is -0.121. The zero-order valence-electron chi connectivity index (χ0n) is 14.9. The van der Waals surface area contributed by atoms with Crippen LogP contribution in [0.25, 0.3) is 0 Å². The zero-order chi connectivity index (χ0) is 18.7. The normalized spacial score (nSPS) is 15.5. The molecule has 0 bridgehead atoms. The summed E-state index contributed by atoms with van der Waals surface area (Å²) in [5.41, 5.74) is 1.53. The Morgan fingerprint density at radius 1 is 1.35 bits per heavy atom. The Bertz CT molecular complexity index is 788. The molecule has 138 valence electrons. The van der Waals surface area contributed by atoms with Crippen molar-refractivity contribution in [1.82, 2.24) is 10.3 Å². The minimum atomic E-state index is -0.297. The van der Waals surface area contributed by atoms with Crippen molar-refractivity contribution in [3.8, 4) is 0 Å². The molecule has 1 atom stereocenters. The number of nitrogens with one attached hydrogen (secondary N) is 1. The molecule has 0 saturated carbocycles. The molecule has 3 rings (SSSR count). The fourth-order valence-corrected chi connectivity index (χ4v) is 3.91. The second-order valence-electron chi connectivity index (χ2n) is 6.79. The zero-order valence-corrected chi connectivity index (χ0v) is 15.7. The summed E-state index contributed by atoms with van der Waals surface area (Å²) in [4.78, 5) is 30.4. The number of rotatable bonds is 6. The maximum atomic E-state index is 13.1. The van der Waals surface area contributed by atoms with E-state index >= 15 is 0 Å². The molecule has 1 aromatic carbocycles. The Morgan fingerprint density at radius 2 is 2.08 bits per heavy atom. The Kier molecular flexibility index (Phi) is 5.66. The number of anilines is 1. The molecule has 2 amide bonds. The Balaban J connectivity index is 1.64. The van der Waals surface area contributed by atoms with Gasteiger partial charge in [-0.1, -0.05) is 26.0 Å². The van der Waals surface area contributed by atoms with E-state index in [-0.39, 0.29) is 36.0 Å². The van der Waals surface area contributed by atoms with Crippen LogP contribution < -0.4 is 10.2 Å². The van der Waals surface area contributed by atoms with E-state index in [1.165, 1.54) is 23.5 Å². The van der Waals surface area contributed by atoms with Gasteiger partial charge in [0.2, 0.25) is 11.8 Å². The maximum absolute atomic E-state index is 13.1. The van der Waals surface area contributed by atoms with Crippen LogP contribution in [-0.2, 0) is 16.0 Å². The molecule has 5 nitrogen and oxygen atoms in total. The highest BCUT2D eigenvalue weighted by molar-refractivity contribution is 7.14. The minimum Gasteiger partial charge on any atom is -0.349 e. The first kappa shape index (κ1) is 18.5. The summed E-state index contributed by atoms with van der Waals surface area (Å²) >= 11 is 1.39. The van der Waals surface area contributed by atoms with Crippen LogP contribution in [0, 0.1) is 11.7 Å². The summed E-state index contributed by atoms with van der Waals surface area (Å²) in [6, 6.07) is 6.00. The highest BCUT2D eigenvalue weighted by Crippen LogP contribution is 2.26. The molecule has 2 heterocycles. The summed E-state index contributed by atoms with van der Waals surface area (Å²) in [5, 5.41) is 5.49. The second kappa shape index (κ2) is 7.95. The van der Waals surface area contributed by atoms with Crippen LogP contribution in [-0.4, -0.2) is 23.3 Å². The molecule has 0 aliphatic carbocycles. The Labute approximate surface area is 156 Å². The van der Waals surface area contributed by atoms with Gasteiger partial charge in [0.15, 0.2) is 5.13 Å². The number of hydrogen-bond donors (Lipinski definition) is 1. The number of hydrogen-bond acceptors (Lipinski definition) is 4. The van der Waals surface area contributed by atoms with Crippen LogP contribution in [0.4, 0.5) is 9.52 Å². The molecule has 7 heteroatoms. The van der Waals surface area contributed by atoms with Gasteiger partial charge in [0.25, 0.3) is 0 Å². The minimum absolute atomic E-state index is 0.0894. The summed E-state index contributed by atoms with van der Waals surface area (Å²) in [6.45, 7) is 4.71. The fourth-order valence-electron chi connectivity index (χ4n) is 3.05. The van der Waals surface area contributed by atoms with Crippen LogP contribution >= 0.6 is 11.3 Å². The number of thiazole rings is 1. The fraction of sp³-hybridized carbons (Fsp3) is 0.421. The van der Waals surface area contributed by atoms with E-state index in [9.17, 15) is 14.0 Å². The Hall–Kier alpha value is -2.28. The smallest absolute Gasteiger partial charge is 0.228 e. The number of benzene rings is 1. The third-order valence-corrected chi connectivity index (χ3v) is 5.31. The second-order valence-corrected chi connectivity index (χ2v) is 7.62. The molecular weight excluding hydrogens is 353 g/mol.